The number of carbonyl (C=O) groups excluding carboxylic acids is 2. The molecule has 0 bridgehead atoms. The third-order valence-electron chi connectivity index (χ3n) is 6.59. The van der Waals surface area contributed by atoms with Gasteiger partial charge in [-0.15, -0.1) is 0 Å². The summed E-state index contributed by atoms with van der Waals surface area (Å²) in [4.78, 5) is 32.6. The maximum Gasteiger partial charge on any atom is 0.246 e. The Balaban J connectivity index is 1.21. The lowest BCUT2D eigenvalue weighted by Gasteiger charge is -2.34. The Morgan fingerprint density at radius 1 is 1.21 bits per heavy atom. The minimum absolute atomic E-state index is 0.0232. The average molecular weight is 477 g/mol. The summed E-state index contributed by atoms with van der Waals surface area (Å²) in [5.74, 6) is 1.31. The van der Waals surface area contributed by atoms with Crippen molar-refractivity contribution in [2.24, 2.45) is 4.99 Å². The molecule has 1 saturated carbocycles. The summed E-state index contributed by atoms with van der Waals surface area (Å²) in [6, 6.07) is 3.95. The molecule has 0 spiro atoms. The first-order valence-corrected chi connectivity index (χ1v) is 12.4. The highest BCUT2D eigenvalue weighted by Gasteiger charge is 2.30. The molecule has 2 N–H and O–H groups in total. The van der Waals surface area contributed by atoms with E-state index in [4.69, 9.17) is 16.3 Å². The molecular weight excluding hydrogens is 444 g/mol. The Bertz CT molecular complexity index is 901. The van der Waals surface area contributed by atoms with E-state index in [1.807, 2.05) is 15.9 Å². The molecule has 9 heteroatoms. The first-order valence-electron chi connectivity index (χ1n) is 12.0. The lowest BCUT2D eigenvalue weighted by Crippen LogP contribution is -2.43. The van der Waals surface area contributed by atoms with Gasteiger partial charge in [-0.2, -0.15) is 0 Å². The molecule has 3 aliphatic rings. The number of amides is 2. The van der Waals surface area contributed by atoms with Crippen LogP contribution in [0.5, 0.6) is 5.75 Å². The molecule has 180 valence electrons. The molecule has 2 aliphatic heterocycles. The van der Waals surface area contributed by atoms with Gasteiger partial charge in [-0.05, 0) is 38.2 Å². The fraction of sp³-hybridized carbons (Fsp3) is 0.625. The van der Waals surface area contributed by atoms with Gasteiger partial charge < -0.3 is 19.6 Å². The monoisotopic (exact) mass is 476 g/mol. The first kappa shape index (κ1) is 23.8. The fourth-order valence-electron chi connectivity index (χ4n) is 4.86. The molecule has 4 rings (SSSR count). The second-order valence-corrected chi connectivity index (χ2v) is 9.41. The summed E-state index contributed by atoms with van der Waals surface area (Å²) in [6.07, 6.45) is 8.75. The van der Waals surface area contributed by atoms with Gasteiger partial charge >= 0.3 is 0 Å². The van der Waals surface area contributed by atoms with E-state index in [1.54, 1.807) is 6.07 Å². The summed E-state index contributed by atoms with van der Waals surface area (Å²) < 4.78 is 5.89. The first-order chi connectivity index (χ1) is 16.0. The van der Waals surface area contributed by atoms with E-state index in [9.17, 15) is 14.7 Å². The van der Waals surface area contributed by atoms with Gasteiger partial charge in [-0.25, -0.2) is 4.99 Å². The van der Waals surface area contributed by atoms with Crippen LogP contribution in [0.3, 0.4) is 0 Å². The second-order valence-electron chi connectivity index (χ2n) is 9.00. The van der Waals surface area contributed by atoms with Crippen LogP contribution in [-0.2, 0) is 16.1 Å². The van der Waals surface area contributed by atoms with Crippen LogP contribution in [0.4, 0.5) is 5.69 Å². The molecule has 0 aromatic heterocycles. The van der Waals surface area contributed by atoms with Crippen LogP contribution >= 0.6 is 11.6 Å². The summed E-state index contributed by atoms with van der Waals surface area (Å²) in [7, 11) is 0. The van der Waals surface area contributed by atoms with Gasteiger partial charge in [0.1, 0.15) is 12.3 Å². The molecule has 33 heavy (non-hydrogen) atoms. The number of aliphatic hydroxyl groups is 1. The third kappa shape index (κ3) is 5.98. The molecule has 2 fully saturated rings. The molecule has 0 unspecified atom stereocenters. The highest BCUT2D eigenvalue weighted by Crippen LogP contribution is 2.36. The molecule has 1 aliphatic carbocycles. The van der Waals surface area contributed by atoms with E-state index in [0.29, 0.717) is 55.4 Å². The largest absolute Gasteiger partial charge is 0.493 e. The lowest BCUT2D eigenvalue weighted by atomic mass is 9.94. The van der Waals surface area contributed by atoms with Crippen LogP contribution in [0.2, 0.25) is 5.02 Å². The van der Waals surface area contributed by atoms with Crippen molar-refractivity contribution in [3.8, 4) is 5.75 Å². The van der Waals surface area contributed by atoms with Gasteiger partial charge in [0, 0.05) is 37.2 Å². The molecular formula is C24H33ClN4O4. The zero-order valence-electron chi connectivity index (χ0n) is 19.0. The Hall–Kier alpha value is -2.32. The number of ether oxygens (including phenoxy) is 1. The van der Waals surface area contributed by atoms with Gasteiger partial charge in [0.25, 0.3) is 0 Å². The van der Waals surface area contributed by atoms with Crippen LogP contribution in [0.1, 0.15) is 63.4 Å². The molecule has 2 amide bonds. The Morgan fingerprint density at radius 2 is 2.03 bits per heavy atom. The van der Waals surface area contributed by atoms with E-state index >= 15 is 0 Å². The third-order valence-corrected chi connectivity index (χ3v) is 6.92. The fourth-order valence-corrected chi connectivity index (χ4v) is 5.13. The molecule has 8 nitrogen and oxygen atoms in total. The van der Waals surface area contributed by atoms with Crippen molar-refractivity contribution in [2.75, 3.05) is 26.3 Å². The van der Waals surface area contributed by atoms with E-state index in [-0.39, 0.29) is 18.4 Å². The van der Waals surface area contributed by atoms with Crippen molar-refractivity contribution in [2.45, 2.75) is 70.4 Å². The van der Waals surface area contributed by atoms with Crippen LogP contribution in [0.15, 0.2) is 17.1 Å². The number of fused-ring (bicyclic) bond motifs is 2. The van der Waals surface area contributed by atoms with Crippen LogP contribution in [-0.4, -0.2) is 65.0 Å². The smallest absolute Gasteiger partial charge is 0.246 e. The van der Waals surface area contributed by atoms with Gasteiger partial charge in [0.15, 0.2) is 0 Å². The second kappa shape index (κ2) is 11.2. The van der Waals surface area contributed by atoms with Crippen LogP contribution in [0, 0.1) is 0 Å². The van der Waals surface area contributed by atoms with Crippen molar-refractivity contribution in [3.63, 3.8) is 0 Å². The van der Waals surface area contributed by atoms with Crippen LogP contribution < -0.4 is 10.1 Å². The van der Waals surface area contributed by atoms with E-state index in [0.717, 1.165) is 43.4 Å². The quantitative estimate of drug-likeness (QED) is 0.505. The number of aliphatic imine (C=N–C) groups is 1. The molecule has 1 aromatic carbocycles. The number of nitrogens with one attached hydrogen (secondary N) is 1. The van der Waals surface area contributed by atoms with Crippen molar-refractivity contribution in [1.29, 1.82) is 0 Å². The number of nitrogens with zero attached hydrogens (tertiary/aromatic N) is 3. The predicted octanol–water partition coefficient (Wildman–Crippen LogP) is 3.37. The molecule has 0 atom stereocenters. The summed E-state index contributed by atoms with van der Waals surface area (Å²) in [5, 5.41) is 12.7. The number of aliphatic hydroxyl groups excluding tert-OH is 1. The summed E-state index contributed by atoms with van der Waals surface area (Å²) >= 11 is 6.45. The Labute approximate surface area is 199 Å². The van der Waals surface area contributed by atoms with Crippen molar-refractivity contribution in [3.05, 3.63) is 22.7 Å². The van der Waals surface area contributed by atoms with Crippen molar-refractivity contribution >= 4 is 35.1 Å². The maximum absolute atomic E-state index is 12.7. The number of hydrogen-bond acceptors (Lipinski definition) is 6. The molecule has 0 radical (unpaired) electrons. The number of hydrogen-bond donors (Lipinski definition) is 2. The Morgan fingerprint density at radius 3 is 2.82 bits per heavy atom. The minimum Gasteiger partial charge on any atom is -0.493 e. The Kier molecular flexibility index (Phi) is 8.09. The van der Waals surface area contributed by atoms with Gasteiger partial charge in [0.2, 0.25) is 17.8 Å². The molecule has 1 aromatic rings. The highest BCUT2D eigenvalue weighted by atomic mass is 35.5. The predicted molar refractivity (Wildman–Crippen MR) is 127 cm³/mol. The van der Waals surface area contributed by atoms with Gasteiger partial charge in [-0.1, -0.05) is 30.9 Å². The number of halogens is 1. The highest BCUT2D eigenvalue weighted by molar-refractivity contribution is 6.32. The van der Waals surface area contributed by atoms with Crippen LogP contribution in [0.25, 0.3) is 0 Å². The summed E-state index contributed by atoms with van der Waals surface area (Å²) in [6.45, 7) is 1.85. The van der Waals surface area contributed by atoms with E-state index in [2.05, 4.69) is 10.3 Å². The zero-order chi connectivity index (χ0) is 23.2. The van der Waals surface area contributed by atoms with Crippen molar-refractivity contribution < 1.29 is 19.4 Å². The number of guanidine groups is 1. The standard InChI is InChI=1S/C24H33ClN4O4/c25-20-13-18(14-21-19(20)15-28-16-22(31)27-24(28)26-21)33-12-6-2-5-9-23(32)29(10-11-30)17-7-3-1-4-8-17/h13-14,17,30H,1-12,15-16H2,(H,26,27,31). The SMILES string of the molecule is O=C1CN2Cc3c(Cl)cc(OCCCCCC(=O)N(CCO)C4CCCCC4)cc3N=C2N1. The topological polar surface area (TPSA) is 94.5 Å². The number of carbonyl (C=O) groups is 2. The normalized spacial score (nSPS) is 17.8. The van der Waals surface area contributed by atoms with E-state index < -0.39 is 0 Å². The lowest BCUT2D eigenvalue weighted by molar-refractivity contribution is -0.135. The minimum atomic E-state index is -0.0640. The van der Waals surface area contributed by atoms with E-state index in [1.165, 1.54) is 19.3 Å². The summed E-state index contributed by atoms with van der Waals surface area (Å²) in [5.41, 5.74) is 1.62. The molecule has 2 heterocycles. The van der Waals surface area contributed by atoms with Crippen molar-refractivity contribution in [1.82, 2.24) is 15.1 Å². The van der Waals surface area contributed by atoms with Gasteiger partial charge in [0.05, 0.1) is 23.9 Å². The zero-order valence-corrected chi connectivity index (χ0v) is 19.8. The molecule has 1 saturated heterocycles. The number of benzene rings is 1. The number of rotatable bonds is 10. The van der Waals surface area contributed by atoms with Gasteiger partial charge in [-0.3, -0.25) is 14.9 Å². The average Bonchev–Trinajstić information content (AvgIpc) is 3.17. The number of unbranched alkanes of at least 4 members (excludes halogenated alkanes) is 2. The maximum atomic E-state index is 12.7.